The molecule has 0 bridgehead atoms. The third-order valence-corrected chi connectivity index (χ3v) is 2.46. The van der Waals surface area contributed by atoms with Crippen molar-refractivity contribution in [1.82, 2.24) is 0 Å². The number of rotatable bonds is 0. The van der Waals surface area contributed by atoms with Gasteiger partial charge in [-0.05, 0) is 28.0 Å². The largest absolute Gasteiger partial charge is 0.0722 e. The van der Waals surface area contributed by atoms with E-state index in [1.807, 2.05) is 0 Å². The normalized spacial score (nSPS) is 16.9. The van der Waals surface area contributed by atoms with Crippen molar-refractivity contribution in [2.45, 2.75) is 6.42 Å². The summed E-state index contributed by atoms with van der Waals surface area (Å²) in [6, 6.07) is 6.50. The van der Waals surface area contributed by atoms with Gasteiger partial charge in [-0.1, -0.05) is 36.4 Å². The van der Waals surface area contributed by atoms with Gasteiger partial charge in [-0.2, -0.15) is 0 Å². The lowest BCUT2D eigenvalue weighted by molar-refractivity contribution is 1.52. The molecule has 0 radical (unpaired) electrons. The Morgan fingerprint density at radius 3 is 3.09 bits per heavy atom. The topological polar surface area (TPSA) is 0 Å². The second-order valence-electron chi connectivity index (χ2n) is 3.08. The molecule has 0 saturated heterocycles. The Balaban J connectivity index is 2.69. The quantitative estimate of drug-likeness (QED) is 0.505. The molecule has 3 rings (SSSR count). The van der Waals surface area contributed by atoms with Crippen molar-refractivity contribution in [3.8, 4) is 0 Å². The highest BCUT2D eigenvalue weighted by Gasteiger charge is 2.08. The molecule has 1 aromatic carbocycles. The monoisotopic (exact) mass is 140 g/mol. The summed E-state index contributed by atoms with van der Waals surface area (Å²) in [6.07, 6.45) is 7.87. The van der Waals surface area contributed by atoms with Gasteiger partial charge in [0.15, 0.2) is 0 Å². The van der Waals surface area contributed by atoms with E-state index in [0.29, 0.717) is 0 Å². The maximum Gasteiger partial charge on any atom is -0.00793 e. The SMILES string of the molecule is C1=Cc2cccc3c2=C1CC=3. The van der Waals surface area contributed by atoms with Crippen molar-refractivity contribution in [3.05, 3.63) is 40.3 Å². The fraction of sp³-hybridized carbons (Fsp3) is 0.0909. The van der Waals surface area contributed by atoms with Crippen LogP contribution in [0.3, 0.4) is 0 Å². The van der Waals surface area contributed by atoms with Crippen molar-refractivity contribution < 1.29 is 0 Å². The van der Waals surface area contributed by atoms with E-state index in [1.54, 1.807) is 0 Å². The maximum atomic E-state index is 2.30. The van der Waals surface area contributed by atoms with E-state index in [1.165, 1.54) is 21.6 Å². The van der Waals surface area contributed by atoms with E-state index in [-0.39, 0.29) is 0 Å². The molecule has 0 N–H and O–H groups in total. The van der Waals surface area contributed by atoms with Gasteiger partial charge in [-0.25, -0.2) is 0 Å². The van der Waals surface area contributed by atoms with E-state index >= 15 is 0 Å². The average molecular weight is 140 g/mol. The number of allylic oxidation sites excluding steroid dienone is 1. The van der Waals surface area contributed by atoms with Gasteiger partial charge >= 0.3 is 0 Å². The van der Waals surface area contributed by atoms with Crippen molar-refractivity contribution in [2.75, 3.05) is 0 Å². The second-order valence-corrected chi connectivity index (χ2v) is 3.08. The Bertz CT molecular complexity index is 461. The van der Waals surface area contributed by atoms with Crippen molar-refractivity contribution >= 4 is 17.7 Å². The molecule has 52 valence electrons. The van der Waals surface area contributed by atoms with E-state index in [9.17, 15) is 0 Å². The molecule has 0 spiro atoms. The van der Waals surface area contributed by atoms with Gasteiger partial charge in [0.05, 0.1) is 0 Å². The van der Waals surface area contributed by atoms with Gasteiger partial charge in [0.1, 0.15) is 0 Å². The Kier molecular flexibility index (Phi) is 0.803. The first-order chi connectivity index (χ1) is 5.45. The minimum atomic E-state index is 1.13. The lowest BCUT2D eigenvalue weighted by Crippen LogP contribution is -2.23. The summed E-state index contributed by atoms with van der Waals surface area (Å²) in [4.78, 5) is 0. The van der Waals surface area contributed by atoms with Crippen LogP contribution in [0.2, 0.25) is 0 Å². The average Bonchev–Trinajstić information content (AvgIpc) is 2.60. The predicted molar refractivity (Wildman–Crippen MR) is 47.2 cm³/mol. The number of benzene rings is 1. The highest BCUT2D eigenvalue weighted by molar-refractivity contribution is 5.80. The van der Waals surface area contributed by atoms with Crippen LogP contribution >= 0.6 is 0 Å². The summed E-state index contributed by atoms with van der Waals surface area (Å²) in [5.41, 5.74) is 2.89. The molecular formula is C11H8. The Labute approximate surface area is 65.2 Å². The maximum absolute atomic E-state index is 2.30. The highest BCUT2D eigenvalue weighted by atomic mass is 14.1. The van der Waals surface area contributed by atoms with Crippen LogP contribution < -0.4 is 10.4 Å². The third kappa shape index (κ3) is 0.548. The zero-order valence-corrected chi connectivity index (χ0v) is 6.17. The second kappa shape index (κ2) is 1.65. The highest BCUT2D eigenvalue weighted by Crippen LogP contribution is 2.15. The molecule has 0 nitrogen and oxygen atoms in total. The Morgan fingerprint density at radius 1 is 1.09 bits per heavy atom. The van der Waals surface area contributed by atoms with Crippen LogP contribution in [0.1, 0.15) is 12.0 Å². The fourth-order valence-corrected chi connectivity index (χ4v) is 1.93. The summed E-state index contributed by atoms with van der Waals surface area (Å²) < 4.78 is 0. The molecule has 2 aliphatic rings. The lowest BCUT2D eigenvalue weighted by Gasteiger charge is -1.88. The number of hydrogen-bond donors (Lipinski definition) is 0. The molecule has 0 aliphatic heterocycles. The molecular weight excluding hydrogens is 132 g/mol. The first-order valence-electron chi connectivity index (χ1n) is 3.96. The minimum absolute atomic E-state index is 1.13. The molecule has 0 unspecified atom stereocenters. The molecule has 1 aromatic rings. The van der Waals surface area contributed by atoms with E-state index < -0.39 is 0 Å². The van der Waals surface area contributed by atoms with Gasteiger partial charge in [-0.15, -0.1) is 0 Å². The molecule has 0 fully saturated rings. The molecule has 0 atom stereocenters. The lowest BCUT2D eigenvalue weighted by atomic mass is 10.2. The van der Waals surface area contributed by atoms with Crippen molar-refractivity contribution in [3.63, 3.8) is 0 Å². The van der Waals surface area contributed by atoms with E-state index in [4.69, 9.17) is 0 Å². The summed E-state index contributed by atoms with van der Waals surface area (Å²) >= 11 is 0. The first kappa shape index (κ1) is 5.36. The molecule has 11 heavy (non-hydrogen) atoms. The number of hydrogen-bond acceptors (Lipinski definition) is 0. The van der Waals surface area contributed by atoms with Gasteiger partial charge < -0.3 is 0 Å². The third-order valence-electron chi connectivity index (χ3n) is 2.46. The molecule has 0 heteroatoms. The molecule has 2 aliphatic carbocycles. The van der Waals surface area contributed by atoms with Gasteiger partial charge in [0.25, 0.3) is 0 Å². The summed E-state index contributed by atoms with van der Waals surface area (Å²) in [5, 5.41) is 2.90. The van der Waals surface area contributed by atoms with E-state index in [2.05, 4.69) is 36.4 Å². The fourth-order valence-electron chi connectivity index (χ4n) is 1.93. The first-order valence-corrected chi connectivity index (χ1v) is 3.96. The summed E-state index contributed by atoms with van der Waals surface area (Å²) in [6.45, 7) is 0. The van der Waals surface area contributed by atoms with Crippen LogP contribution in [0.4, 0.5) is 0 Å². The van der Waals surface area contributed by atoms with Crippen molar-refractivity contribution in [2.24, 2.45) is 0 Å². The smallest absolute Gasteiger partial charge is 0.00793 e. The van der Waals surface area contributed by atoms with Crippen LogP contribution in [0.15, 0.2) is 24.3 Å². The van der Waals surface area contributed by atoms with Crippen LogP contribution in [0.25, 0.3) is 17.7 Å². The standard InChI is InChI=1S/C11H8/c1-2-8-4-6-10-7-5-9(3-1)11(8)10/h1-6H,7H2. The van der Waals surface area contributed by atoms with Crippen LogP contribution in [-0.2, 0) is 0 Å². The van der Waals surface area contributed by atoms with Gasteiger partial charge in [0, 0.05) is 0 Å². The molecule has 0 saturated carbocycles. The molecule has 0 heterocycles. The molecule has 0 aromatic heterocycles. The predicted octanol–water partition coefficient (Wildman–Crippen LogP) is 1.05. The zero-order chi connectivity index (χ0) is 7.26. The summed E-state index contributed by atoms with van der Waals surface area (Å²) in [5.74, 6) is 0. The van der Waals surface area contributed by atoms with Gasteiger partial charge in [-0.3, -0.25) is 0 Å². The van der Waals surface area contributed by atoms with Crippen LogP contribution in [-0.4, -0.2) is 0 Å². The van der Waals surface area contributed by atoms with Gasteiger partial charge in [0.2, 0.25) is 0 Å². The Hall–Kier alpha value is -1.30. The molecule has 0 amide bonds. The van der Waals surface area contributed by atoms with Crippen LogP contribution in [0.5, 0.6) is 0 Å². The van der Waals surface area contributed by atoms with Crippen LogP contribution in [0, 0.1) is 0 Å². The van der Waals surface area contributed by atoms with E-state index in [0.717, 1.165) is 6.42 Å². The van der Waals surface area contributed by atoms with Crippen molar-refractivity contribution in [1.29, 1.82) is 0 Å². The zero-order valence-electron chi connectivity index (χ0n) is 6.17. The summed E-state index contributed by atoms with van der Waals surface area (Å²) in [7, 11) is 0. The minimum Gasteiger partial charge on any atom is -0.0722 e. The Morgan fingerprint density at radius 2 is 2.09 bits per heavy atom.